The molecule has 96 valence electrons. The Labute approximate surface area is 114 Å². The van der Waals surface area contributed by atoms with Crippen LogP contribution in [0.15, 0.2) is 60.9 Å². The summed E-state index contributed by atoms with van der Waals surface area (Å²) in [6.45, 7) is 0. The largest absolute Gasteiger partial charge is 0.354 e. The van der Waals surface area contributed by atoms with Crippen molar-refractivity contribution in [3.05, 3.63) is 60.9 Å². The van der Waals surface area contributed by atoms with Crippen molar-refractivity contribution in [2.24, 2.45) is 0 Å². The van der Waals surface area contributed by atoms with Crippen LogP contribution in [-0.2, 0) is 0 Å². The molecule has 0 aliphatic rings. The van der Waals surface area contributed by atoms with Crippen LogP contribution >= 0.6 is 0 Å². The van der Waals surface area contributed by atoms with E-state index in [9.17, 15) is 4.79 Å². The summed E-state index contributed by atoms with van der Waals surface area (Å²) in [5, 5.41) is 9.97. The number of fused-ring (bicyclic) bond motifs is 2. The van der Waals surface area contributed by atoms with Crippen molar-refractivity contribution in [2.45, 2.75) is 0 Å². The van der Waals surface area contributed by atoms with Crippen molar-refractivity contribution in [3.63, 3.8) is 0 Å². The van der Waals surface area contributed by atoms with Gasteiger partial charge in [-0.1, -0.05) is 41.6 Å². The van der Waals surface area contributed by atoms with Crippen LogP contribution in [0.5, 0.6) is 0 Å². The first kappa shape index (κ1) is 10.9. The van der Waals surface area contributed by atoms with E-state index < -0.39 is 0 Å². The van der Waals surface area contributed by atoms with Crippen molar-refractivity contribution < 1.29 is 4.79 Å². The number of benzene rings is 2. The van der Waals surface area contributed by atoms with Crippen LogP contribution in [0.3, 0.4) is 0 Å². The molecule has 0 saturated carbocycles. The van der Waals surface area contributed by atoms with E-state index in [2.05, 4.69) is 10.3 Å². The number of rotatable bonds is 0. The molecule has 4 rings (SSSR count). The van der Waals surface area contributed by atoms with E-state index in [1.807, 2.05) is 48.5 Å². The quantitative estimate of drug-likeness (QED) is 0.489. The lowest BCUT2D eigenvalue weighted by Crippen LogP contribution is -2.19. The van der Waals surface area contributed by atoms with E-state index in [0.29, 0.717) is 11.0 Å². The number of aromatic nitrogens is 4. The molecule has 0 unspecified atom stereocenters. The molecule has 0 amide bonds. The Bertz CT molecular complexity index is 902. The van der Waals surface area contributed by atoms with Crippen LogP contribution in [0.25, 0.3) is 21.8 Å². The lowest BCUT2D eigenvalue weighted by Gasteiger charge is -2.00. The zero-order valence-corrected chi connectivity index (χ0v) is 10.5. The predicted octanol–water partition coefficient (Wildman–Crippen LogP) is 2.90. The van der Waals surface area contributed by atoms with Gasteiger partial charge < -0.3 is 0 Å². The van der Waals surface area contributed by atoms with Gasteiger partial charge in [-0.25, -0.2) is 4.79 Å². The van der Waals surface area contributed by atoms with Gasteiger partial charge in [-0.05, 0) is 22.9 Å². The summed E-state index contributed by atoms with van der Waals surface area (Å²) < 4.78 is 2.85. The van der Waals surface area contributed by atoms with E-state index in [4.69, 9.17) is 0 Å². The Kier molecular flexibility index (Phi) is 2.20. The number of nitrogens with zero attached hydrogens (tertiary/aromatic N) is 4. The van der Waals surface area contributed by atoms with E-state index in [1.165, 1.54) is 9.25 Å². The van der Waals surface area contributed by atoms with Gasteiger partial charge in [0, 0.05) is 12.4 Å². The molecule has 0 N–H and O–H groups in total. The maximum Gasteiger partial charge on any atom is 0.354 e. The molecule has 0 spiro atoms. The fourth-order valence-corrected chi connectivity index (χ4v) is 2.31. The molecular formula is C15H10N4O. The highest BCUT2D eigenvalue weighted by Gasteiger charge is 2.13. The zero-order chi connectivity index (χ0) is 13.5. The summed E-state index contributed by atoms with van der Waals surface area (Å²) in [6.07, 6.45) is 3.60. The summed E-state index contributed by atoms with van der Waals surface area (Å²) in [5.74, 6) is 0. The van der Waals surface area contributed by atoms with Crippen molar-refractivity contribution in [2.75, 3.05) is 0 Å². The standard InChI is InChI=1S/C15H10N4O/c20-15(18-9-11-5-1-2-6-12(11)10-18)19-14-8-4-3-7-13(14)16-17-19/h1-10H. The first-order chi connectivity index (χ1) is 9.83. The third-order valence-electron chi connectivity index (χ3n) is 3.31. The average Bonchev–Trinajstić information content (AvgIpc) is 3.10. The summed E-state index contributed by atoms with van der Waals surface area (Å²) in [7, 11) is 0. The molecule has 0 aliphatic heterocycles. The maximum absolute atomic E-state index is 12.5. The number of carbonyl (C=O) groups excluding carboxylic acids is 1. The molecule has 2 heterocycles. The summed E-state index contributed by atoms with van der Waals surface area (Å²) >= 11 is 0. The average molecular weight is 262 g/mol. The molecule has 0 saturated heterocycles. The summed E-state index contributed by atoms with van der Waals surface area (Å²) in [4.78, 5) is 12.5. The van der Waals surface area contributed by atoms with Crippen LogP contribution < -0.4 is 0 Å². The Balaban J connectivity index is 1.87. The van der Waals surface area contributed by atoms with Gasteiger partial charge in [0.25, 0.3) is 0 Å². The minimum Gasteiger partial charge on any atom is -0.273 e. The highest BCUT2D eigenvalue weighted by atomic mass is 16.2. The van der Waals surface area contributed by atoms with Crippen molar-refractivity contribution in [1.82, 2.24) is 19.6 Å². The van der Waals surface area contributed by atoms with Gasteiger partial charge in [-0.3, -0.25) is 4.57 Å². The molecule has 0 atom stereocenters. The molecule has 0 aliphatic carbocycles. The van der Waals surface area contributed by atoms with E-state index in [-0.39, 0.29) is 6.03 Å². The lowest BCUT2D eigenvalue weighted by atomic mass is 10.2. The Morgan fingerprint density at radius 1 is 0.900 bits per heavy atom. The highest BCUT2D eigenvalue weighted by molar-refractivity contribution is 5.93. The number of hydrogen-bond donors (Lipinski definition) is 0. The first-order valence-electron chi connectivity index (χ1n) is 6.25. The number of para-hydroxylation sites is 1. The van der Waals surface area contributed by atoms with Gasteiger partial charge in [0.05, 0.1) is 5.52 Å². The summed E-state index contributed by atoms with van der Waals surface area (Å²) in [5.41, 5.74) is 1.41. The Morgan fingerprint density at radius 3 is 2.30 bits per heavy atom. The second-order valence-electron chi connectivity index (χ2n) is 4.57. The van der Waals surface area contributed by atoms with Crippen LogP contribution in [0.4, 0.5) is 4.79 Å². The van der Waals surface area contributed by atoms with Gasteiger partial charge in [-0.2, -0.15) is 4.68 Å². The lowest BCUT2D eigenvalue weighted by molar-refractivity contribution is 0.241. The normalized spacial score (nSPS) is 11.2. The SMILES string of the molecule is O=C(n1cc2ccccc2c1)n1nnc2ccccc21. The fourth-order valence-electron chi connectivity index (χ4n) is 2.31. The molecular weight excluding hydrogens is 252 g/mol. The minimum absolute atomic E-state index is 0.241. The fraction of sp³-hybridized carbons (Fsp3) is 0. The maximum atomic E-state index is 12.5. The molecule has 0 fully saturated rings. The van der Waals surface area contributed by atoms with Crippen LogP contribution in [0.2, 0.25) is 0 Å². The van der Waals surface area contributed by atoms with Crippen LogP contribution in [0.1, 0.15) is 0 Å². The minimum atomic E-state index is -0.241. The first-order valence-corrected chi connectivity index (χ1v) is 6.25. The second-order valence-corrected chi connectivity index (χ2v) is 4.57. The van der Waals surface area contributed by atoms with Crippen LogP contribution in [-0.4, -0.2) is 25.6 Å². The van der Waals surface area contributed by atoms with E-state index in [1.54, 1.807) is 12.4 Å². The summed E-state index contributed by atoms with van der Waals surface area (Å²) in [6, 6.07) is 15.0. The smallest absolute Gasteiger partial charge is 0.273 e. The van der Waals surface area contributed by atoms with Crippen molar-refractivity contribution in [3.8, 4) is 0 Å². The topological polar surface area (TPSA) is 52.7 Å². The van der Waals surface area contributed by atoms with Gasteiger partial charge >= 0.3 is 6.03 Å². The van der Waals surface area contributed by atoms with Gasteiger partial charge in [-0.15, -0.1) is 5.10 Å². The molecule has 2 aromatic carbocycles. The molecule has 2 aromatic heterocycles. The predicted molar refractivity (Wildman–Crippen MR) is 75.7 cm³/mol. The number of hydrogen-bond acceptors (Lipinski definition) is 3. The monoisotopic (exact) mass is 262 g/mol. The number of carbonyl (C=O) groups is 1. The second kappa shape index (κ2) is 4.03. The molecule has 4 aromatic rings. The van der Waals surface area contributed by atoms with E-state index in [0.717, 1.165) is 10.8 Å². The third-order valence-corrected chi connectivity index (χ3v) is 3.31. The Hall–Kier alpha value is -2.95. The Morgan fingerprint density at radius 2 is 1.55 bits per heavy atom. The zero-order valence-electron chi connectivity index (χ0n) is 10.5. The van der Waals surface area contributed by atoms with Crippen molar-refractivity contribution >= 4 is 27.8 Å². The van der Waals surface area contributed by atoms with Crippen molar-refractivity contribution in [1.29, 1.82) is 0 Å². The molecule has 20 heavy (non-hydrogen) atoms. The van der Waals surface area contributed by atoms with Gasteiger partial charge in [0.15, 0.2) is 0 Å². The van der Waals surface area contributed by atoms with E-state index >= 15 is 0 Å². The molecule has 5 nitrogen and oxygen atoms in total. The molecule has 0 radical (unpaired) electrons. The highest BCUT2D eigenvalue weighted by Crippen LogP contribution is 2.16. The van der Waals surface area contributed by atoms with Gasteiger partial charge in [0.2, 0.25) is 0 Å². The molecule has 0 bridgehead atoms. The van der Waals surface area contributed by atoms with Gasteiger partial charge in [0.1, 0.15) is 5.52 Å². The molecule has 5 heteroatoms. The third kappa shape index (κ3) is 1.53. The van der Waals surface area contributed by atoms with Crippen LogP contribution in [0, 0.1) is 0 Å².